The SMILES string of the molecule is CCNC1CCCCC1Cc1nc(Cc2cccs2)no1. The van der Waals surface area contributed by atoms with Gasteiger partial charge >= 0.3 is 0 Å². The summed E-state index contributed by atoms with van der Waals surface area (Å²) in [6, 6.07) is 4.78. The number of hydrogen-bond acceptors (Lipinski definition) is 5. The minimum absolute atomic E-state index is 0.608. The molecule has 0 aromatic carbocycles. The van der Waals surface area contributed by atoms with Crippen LogP contribution in [0.25, 0.3) is 0 Å². The van der Waals surface area contributed by atoms with Gasteiger partial charge in [-0.3, -0.25) is 0 Å². The molecule has 0 amide bonds. The third-order valence-electron chi connectivity index (χ3n) is 4.23. The van der Waals surface area contributed by atoms with Crippen LogP contribution in [0.2, 0.25) is 0 Å². The highest BCUT2D eigenvalue weighted by Crippen LogP contribution is 2.27. The molecule has 2 unspecified atom stereocenters. The van der Waals surface area contributed by atoms with Crippen molar-refractivity contribution in [3.05, 3.63) is 34.1 Å². The fourth-order valence-electron chi connectivity index (χ4n) is 3.22. The van der Waals surface area contributed by atoms with Gasteiger partial charge in [0.1, 0.15) is 0 Å². The molecule has 5 heteroatoms. The third kappa shape index (κ3) is 3.92. The predicted molar refractivity (Wildman–Crippen MR) is 84.5 cm³/mol. The lowest BCUT2D eigenvalue weighted by Crippen LogP contribution is -2.39. The van der Waals surface area contributed by atoms with Crippen LogP contribution >= 0.6 is 11.3 Å². The van der Waals surface area contributed by atoms with Crippen molar-refractivity contribution in [1.82, 2.24) is 15.5 Å². The summed E-state index contributed by atoms with van der Waals surface area (Å²) in [5.74, 6) is 2.24. The van der Waals surface area contributed by atoms with Gasteiger partial charge in [-0.2, -0.15) is 4.98 Å². The van der Waals surface area contributed by atoms with Crippen LogP contribution in [0.3, 0.4) is 0 Å². The molecule has 2 aromatic heterocycles. The maximum Gasteiger partial charge on any atom is 0.226 e. The van der Waals surface area contributed by atoms with E-state index in [0.29, 0.717) is 12.0 Å². The number of hydrogen-bond donors (Lipinski definition) is 1. The van der Waals surface area contributed by atoms with E-state index in [0.717, 1.165) is 31.1 Å². The topological polar surface area (TPSA) is 51.0 Å². The van der Waals surface area contributed by atoms with Crippen molar-refractivity contribution < 1.29 is 4.52 Å². The second-order valence-electron chi connectivity index (χ2n) is 5.77. The zero-order valence-electron chi connectivity index (χ0n) is 12.5. The van der Waals surface area contributed by atoms with E-state index in [4.69, 9.17) is 4.52 Å². The van der Waals surface area contributed by atoms with Crippen LogP contribution in [0.15, 0.2) is 22.0 Å². The molecule has 114 valence electrons. The van der Waals surface area contributed by atoms with Crippen LogP contribution < -0.4 is 5.32 Å². The first-order valence-electron chi connectivity index (χ1n) is 7.92. The Morgan fingerprint density at radius 1 is 1.38 bits per heavy atom. The van der Waals surface area contributed by atoms with E-state index in [2.05, 4.69) is 39.9 Å². The molecule has 0 spiro atoms. The van der Waals surface area contributed by atoms with Gasteiger partial charge in [-0.25, -0.2) is 0 Å². The van der Waals surface area contributed by atoms with Gasteiger partial charge in [0.2, 0.25) is 5.89 Å². The monoisotopic (exact) mass is 305 g/mol. The molecule has 2 atom stereocenters. The highest BCUT2D eigenvalue weighted by atomic mass is 32.1. The molecule has 1 saturated carbocycles. The summed E-state index contributed by atoms with van der Waals surface area (Å²) >= 11 is 1.74. The van der Waals surface area contributed by atoms with E-state index in [1.807, 2.05) is 0 Å². The number of thiophene rings is 1. The fraction of sp³-hybridized carbons (Fsp3) is 0.625. The summed E-state index contributed by atoms with van der Waals surface area (Å²) in [5, 5.41) is 9.82. The molecule has 1 fully saturated rings. The Hall–Kier alpha value is -1.20. The first-order valence-corrected chi connectivity index (χ1v) is 8.80. The Bertz CT molecular complexity index is 535. The van der Waals surface area contributed by atoms with Crippen molar-refractivity contribution in [3.8, 4) is 0 Å². The molecule has 0 bridgehead atoms. The minimum Gasteiger partial charge on any atom is -0.339 e. The quantitative estimate of drug-likeness (QED) is 0.888. The van der Waals surface area contributed by atoms with Crippen molar-refractivity contribution >= 4 is 11.3 Å². The number of nitrogens with one attached hydrogen (secondary N) is 1. The van der Waals surface area contributed by atoms with E-state index in [9.17, 15) is 0 Å². The molecule has 2 heterocycles. The molecule has 3 rings (SSSR count). The molecular weight excluding hydrogens is 282 g/mol. The van der Waals surface area contributed by atoms with Crippen LogP contribution in [0.5, 0.6) is 0 Å². The maximum atomic E-state index is 5.46. The van der Waals surface area contributed by atoms with Crippen molar-refractivity contribution in [2.45, 2.75) is 51.5 Å². The molecule has 0 radical (unpaired) electrons. The van der Waals surface area contributed by atoms with Gasteiger partial charge in [-0.15, -0.1) is 11.3 Å². The van der Waals surface area contributed by atoms with Crippen molar-refractivity contribution in [2.24, 2.45) is 5.92 Å². The second kappa shape index (κ2) is 7.18. The zero-order chi connectivity index (χ0) is 14.5. The average Bonchev–Trinajstić information content (AvgIpc) is 3.14. The van der Waals surface area contributed by atoms with Gasteiger partial charge in [0.15, 0.2) is 5.82 Å². The van der Waals surface area contributed by atoms with Crippen LogP contribution in [0.4, 0.5) is 0 Å². The lowest BCUT2D eigenvalue weighted by Gasteiger charge is -2.31. The fourth-order valence-corrected chi connectivity index (χ4v) is 3.92. The highest BCUT2D eigenvalue weighted by Gasteiger charge is 2.26. The normalized spacial score (nSPS) is 22.5. The summed E-state index contributed by atoms with van der Waals surface area (Å²) in [7, 11) is 0. The minimum atomic E-state index is 0.608. The van der Waals surface area contributed by atoms with Gasteiger partial charge in [0.25, 0.3) is 0 Å². The van der Waals surface area contributed by atoms with Gasteiger partial charge in [-0.05, 0) is 36.8 Å². The summed E-state index contributed by atoms with van der Waals surface area (Å²) < 4.78 is 5.46. The Balaban J connectivity index is 1.60. The van der Waals surface area contributed by atoms with Crippen molar-refractivity contribution in [2.75, 3.05) is 6.54 Å². The third-order valence-corrected chi connectivity index (χ3v) is 5.11. The van der Waals surface area contributed by atoms with E-state index in [1.54, 1.807) is 11.3 Å². The lowest BCUT2D eigenvalue weighted by atomic mass is 9.82. The van der Waals surface area contributed by atoms with Crippen LogP contribution in [-0.2, 0) is 12.8 Å². The van der Waals surface area contributed by atoms with E-state index >= 15 is 0 Å². The Labute approximate surface area is 130 Å². The standard InChI is InChI=1S/C16H23N3OS/c1-2-17-14-8-4-3-6-12(14)10-16-18-15(19-20-16)11-13-7-5-9-21-13/h5,7,9,12,14,17H,2-4,6,8,10-11H2,1H3. The van der Waals surface area contributed by atoms with Crippen molar-refractivity contribution in [1.29, 1.82) is 0 Å². The smallest absolute Gasteiger partial charge is 0.226 e. The van der Waals surface area contributed by atoms with Gasteiger partial charge < -0.3 is 9.84 Å². The molecule has 1 aliphatic rings. The van der Waals surface area contributed by atoms with Crippen LogP contribution in [-0.4, -0.2) is 22.7 Å². The second-order valence-corrected chi connectivity index (χ2v) is 6.81. The molecular formula is C16H23N3OS. The first kappa shape index (κ1) is 14.7. The van der Waals surface area contributed by atoms with E-state index < -0.39 is 0 Å². The van der Waals surface area contributed by atoms with Gasteiger partial charge in [0.05, 0.1) is 0 Å². The Morgan fingerprint density at radius 3 is 3.10 bits per heavy atom. The maximum absolute atomic E-state index is 5.46. The Kier molecular flexibility index (Phi) is 5.04. The number of nitrogens with zero attached hydrogens (tertiary/aromatic N) is 2. The Morgan fingerprint density at radius 2 is 2.29 bits per heavy atom. The van der Waals surface area contributed by atoms with Gasteiger partial charge in [-0.1, -0.05) is 31.0 Å². The van der Waals surface area contributed by atoms with E-state index in [-0.39, 0.29) is 0 Å². The van der Waals surface area contributed by atoms with Crippen LogP contribution in [0, 0.1) is 5.92 Å². The number of rotatable bonds is 6. The molecule has 0 saturated heterocycles. The average molecular weight is 305 g/mol. The molecule has 2 aromatic rings. The first-order chi connectivity index (χ1) is 10.3. The summed E-state index contributed by atoms with van der Waals surface area (Å²) in [6.45, 7) is 3.21. The summed E-state index contributed by atoms with van der Waals surface area (Å²) in [6.07, 6.45) is 6.89. The summed E-state index contributed by atoms with van der Waals surface area (Å²) in [4.78, 5) is 5.86. The number of aromatic nitrogens is 2. The van der Waals surface area contributed by atoms with Gasteiger partial charge in [0, 0.05) is 23.8 Å². The van der Waals surface area contributed by atoms with Crippen LogP contribution in [0.1, 0.15) is 49.2 Å². The molecule has 4 nitrogen and oxygen atoms in total. The molecule has 0 aliphatic heterocycles. The predicted octanol–water partition coefficient (Wildman–Crippen LogP) is 3.43. The lowest BCUT2D eigenvalue weighted by molar-refractivity contribution is 0.242. The van der Waals surface area contributed by atoms with E-state index in [1.165, 1.54) is 30.6 Å². The largest absolute Gasteiger partial charge is 0.339 e. The zero-order valence-corrected chi connectivity index (χ0v) is 13.4. The highest BCUT2D eigenvalue weighted by molar-refractivity contribution is 7.09. The summed E-state index contributed by atoms with van der Waals surface area (Å²) in [5.41, 5.74) is 0. The van der Waals surface area contributed by atoms with Crippen molar-refractivity contribution in [3.63, 3.8) is 0 Å². The molecule has 1 N–H and O–H groups in total. The molecule has 21 heavy (non-hydrogen) atoms. The molecule has 1 aliphatic carbocycles.